The van der Waals surface area contributed by atoms with E-state index in [1.165, 1.54) is 24.3 Å². The number of benzene rings is 3. The number of hydrogen-bond acceptors (Lipinski definition) is 6. The molecule has 0 aliphatic heterocycles. The number of esters is 1. The second-order valence-corrected chi connectivity index (χ2v) is 7.72. The highest BCUT2D eigenvalue weighted by Crippen LogP contribution is 2.29. The molecule has 0 aliphatic carbocycles. The molecule has 7 heteroatoms. The van der Waals surface area contributed by atoms with Gasteiger partial charge in [0, 0.05) is 17.8 Å². The number of para-hydroxylation sites is 1. The van der Waals surface area contributed by atoms with E-state index < -0.39 is 11.9 Å². The number of anilines is 1. The number of phenols is 1. The van der Waals surface area contributed by atoms with E-state index in [0.717, 1.165) is 24.8 Å². The first-order valence-electron chi connectivity index (χ1n) is 11.4. The molecule has 0 bridgehead atoms. The first-order chi connectivity index (χ1) is 17.0. The number of methoxy groups -OCH3 is 1. The SMILES string of the molecule is CCCCCOc1ccc(/C=C/C(=O)Nc2ccc(C(=O)Oc3ccccc3)c(O)c2)cc1OC. The Labute approximate surface area is 205 Å². The van der Waals surface area contributed by atoms with E-state index >= 15 is 0 Å². The van der Waals surface area contributed by atoms with Crippen LogP contribution in [0, 0.1) is 0 Å². The average Bonchev–Trinajstić information content (AvgIpc) is 2.86. The molecule has 0 heterocycles. The van der Waals surface area contributed by atoms with Crippen LogP contribution in [0.25, 0.3) is 6.08 Å². The number of ether oxygens (including phenoxy) is 3. The van der Waals surface area contributed by atoms with Gasteiger partial charge in [0.15, 0.2) is 11.5 Å². The number of rotatable bonds is 11. The molecule has 7 nitrogen and oxygen atoms in total. The summed E-state index contributed by atoms with van der Waals surface area (Å²) in [5.74, 6) is 0.221. The molecule has 182 valence electrons. The summed E-state index contributed by atoms with van der Waals surface area (Å²) in [6.45, 7) is 2.76. The lowest BCUT2D eigenvalue weighted by Crippen LogP contribution is -2.10. The van der Waals surface area contributed by atoms with Crippen molar-refractivity contribution in [1.82, 2.24) is 0 Å². The molecule has 3 rings (SSSR count). The monoisotopic (exact) mass is 475 g/mol. The van der Waals surface area contributed by atoms with Crippen LogP contribution in [0.2, 0.25) is 0 Å². The summed E-state index contributed by atoms with van der Waals surface area (Å²) in [6, 6.07) is 18.2. The molecule has 0 atom stereocenters. The second kappa shape index (κ2) is 12.8. The van der Waals surface area contributed by atoms with Crippen molar-refractivity contribution in [3.8, 4) is 23.0 Å². The van der Waals surface area contributed by atoms with Gasteiger partial charge in [-0.05, 0) is 54.5 Å². The van der Waals surface area contributed by atoms with Crippen LogP contribution >= 0.6 is 0 Å². The van der Waals surface area contributed by atoms with Gasteiger partial charge in [0.2, 0.25) is 5.91 Å². The normalized spacial score (nSPS) is 10.7. The van der Waals surface area contributed by atoms with Gasteiger partial charge < -0.3 is 24.6 Å². The third-order valence-corrected chi connectivity index (χ3v) is 5.06. The summed E-state index contributed by atoms with van der Waals surface area (Å²) in [5.41, 5.74) is 1.09. The Morgan fingerprint density at radius 1 is 0.971 bits per heavy atom. The summed E-state index contributed by atoms with van der Waals surface area (Å²) in [5, 5.41) is 12.9. The summed E-state index contributed by atoms with van der Waals surface area (Å²) < 4.78 is 16.4. The van der Waals surface area contributed by atoms with Gasteiger partial charge in [0.1, 0.15) is 17.1 Å². The van der Waals surface area contributed by atoms with Gasteiger partial charge >= 0.3 is 5.97 Å². The number of unbranched alkanes of at least 4 members (excludes halogenated alkanes) is 2. The van der Waals surface area contributed by atoms with E-state index in [4.69, 9.17) is 14.2 Å². The molecule has 0 unspecified atom stereocenters. The predicted octanol–water partition coefficient (Wildman–Crippen LogP) is 5.84. The third-order valence-electron chi connectivity index (χ3n) is 5.06. The summed E-state index contributed by atoms with van der Waals surface area (Å²) in [4.78, 5) is 24.6. The van der Waals surface area contributed by atoms with Crippen LogP contribution < -0.4 is 19.5 Å². The van der Waals surface area contributed by atoms with Gasteiger partial charge in [0.05, 0.1) is 13.7 Å². The largest absolute Gasteiger partial charge is 0.507 e. The van der Waals surface area contributed by atoms with Gasteiger partial charge in [-0.1, -0.05) is 44.0 Å². The predicted molar refractivity (Wildman–Crippen MR) is 135 cm³/mol. The van der Waals surface area contributed by atoms with Crippen molar-refractivity contribution >= 4 is 23.6 Å². The van der Waals surface area contributed by atoms with Gasteiger partial charge in [-0.25, -0.2) is 4.79 Å². The standard InChI is InChI=1S/C28H29NO6/c1-3-4-8-17-34-25-15-11-20(18-26(25)33-2)12-16-27(31)29-21-13-14-23(24(30)19-21)28(32)35-22-9-6-5-7-10-22/h5-7,9-16,18-19,30H,3-4,8,17H2,1-2H3,(H,29,31)/b16-12+. The van der Waals surface area contributed by atoms with Crippen molar-refractivity contribution in [2.45, 2.75) is 26.2 Å². The van der Waals surface area contributed by atoms with Gasteiger partial charge in [-0.3, -0.25) is 4.79 Å². The summed E-state index contributed by atoms with van der Waals surface area (Å²) >= 11 is 0. The van der Waals surface area contributed by atoms with Crippen molar-refractivity contribution in [1.29, 1.82) is 0 Å². The van der Waals surface area contributed by atoms with Crippen molar-refractivity contribution < 1.29 is 28.9 Å². The number of phenolic OH excluding ortho intramolecular Hbond substituents is 1. The third kappa shape index (κ3) is 7.64. The van der Waals surface area contributed by atoms with Crippen molar-refractivity contribution in [3.63, 3.8) is 0 Å². The van der Waals surface area contributed by atoms with Gasteiger partial charge in [0.25, 0.3) is 0 Å². The smallest absolute Gasteiger partial charge is 0.347 e. The first kappa shape index (κ1) is 25.4. The Morgan fingerprint density at radius 3 is 2.49 bits per heavy atom. The molecular formula is C28H29NO6. The Hall–Kier alpha value is -4.26. The fraction of sp³-hybridized carbons (Fsp3) is 0.214. The Morgan fingerprint density at radius 2 is 1.77 bits per heavy atom. The zero-order valence-corrected chi connectivity index (χ0v) is 19.8. The molecular weight excluding hydrogens is 446 g/mol. The lowest BCUT2D eigenvalue weighted by atomic mass is 10.1. The maximum absolute atomic E-state index is 12.4. The minimum absolute atomic E-state index is 0.00788. The van der Waals surface area contributed by atoms with Crippen LogP contribution in [-0.2, 0) is 4.79 Å². The maximum atomic E-state index is 12.4. The molecule has 0 saturated carbocycles. The van der Waals surface area contributed by atoms with Crippen LogP contribution in [0.1, 0.15) is 42.1 Å². The number of nitrogens with one attached hydrogen (secondary N) is 1. The lowest BCUT2D eigenvalue weighted by molar-refractivity contribution is -0.111. The molecule has 0 spiro atoms. The van der Waals surface area contributed by atoms with Crippen LogP contribution in [0.4, 0.5) is 5.69 Å². The van der Waals surface area contributed by atoms with Crippen LogP contribution in [0.3, 0.4) is 0 Å². The Bertz CT molecular complexity index is 1170. The van der Waals surface area contributed by atoms with Crippen LogP contribution in [-0.4, -0.2) is 30.7 Å². The second-order valence-electron chi connectivity index (χ2n) is 7.72. The fourth-order valence-electron chi connectivity index (χ4n) is 3.23. The van der Waals surface area contributed by atoms with Gasteiger partial charge in [-0.2, -0.15) is 0 Å². The minimum atomic E-state index is -0.696. The van der Waals surface area contributed by atoms with Gasteiger partial charge in [-0.15, -0.1) is 0 Å². The van der Waals surface area contributed by atoms with E-state index in [-0.39, 0.29) is 11.3 Å². The van der Waals surface area contributed by atoms with E-state index in [1.54, 1.807) is 49.6 Å². The van der Waals surface area contributed by atoms with Crippen LogP contribution in [0.15, 0.2) is 72.8 Å². The molecule has 0 radical (unpaired) electrons. The molecule has 0 aromatic heterocycles. The van der Waals surface area contributed by atoms with E-state index in [9.17, 15) is 14.7 Å². The molecule has 2 N–H and O–H groups in total. The zero-order valence-electron chi connectivity index (χ0n) is 19.8. The average molecular weight is 476 g/mol. The first-order valence-corrected chi connectivity index (χ1v) is 11.4. The van der Waals surface area contributed by atoms with E-state index in [1.807, 2.05) is 12.1 Å². The fourth-order valence-corrected chi connectivity index (χ4v) is 3.23. The Kier molecular flexibility index (Phi) is 9.31. The van der Waals surface area contributed by atoms with Crippen molar-refractivity contribution in [2.24, 2.45) is 0 Å². The van der Waals surface area contributed by atoms with Crippen molar-refractivity contribution in [2.75, 3.05) is 19.0 Å². The number of aromatic hydroxyl groups is 1. The van der Waals surface area contributed by atoms with E-state index in [2.05, 4.69) is 12.2 Å². The molecule has 1 amide bonds. The van der Waals surface area contributed by atoms with E-state index in [0.29, 0.717) is 29.5 Å². The van der Waals surface area contributed by atoms with Crippen LogP contribution in [0.5, 0.6) is 23.0 Å². The minimum Gasteiger partial charge on any atom is -0.507 e. The molecule has 0 saturated heterocycles. The summed E-state index contributed by atoms with van der Waals surface area (Å²) in [6.07, 6.45) is 6.22. The Balaban J connectivity index is 1.59. The highest BCUT2D eigenvalue weighted by atomic mass is 16.5. The number of amides is 1. The molecule has 0 aliphatic rings. The highest BCUT2D eigenvalue weighted by molar-refractivity contribution is 6.02. The number of hydrogen-bond donors (Lipinski definition) is 2. The zero-order chi connectivity index (χ0) is 25.0. The topological polar surface area (TPSA) is 94.1 Å². The number of carbonyl (C=O) groups is 2. The van der Waals surface area contributed by atoms with Crippen molar-refractivity contribution in [3.05, 3.63) is 83.9 Å². The summed E-state index contributed by atoms with van der Waals surface area (Å²) in [7, 11) is 1.57. The lowest BCUT2D eigenvalue weighted by Gasteiger charge is -2.11. The highest BCUT2D eigenvalue weighted by Gasteiger charge is 2.14. The molecule has 3 aromatic carbocycles. The quantitative estimate of drug-likeness (QED) is 0.157. The molecule has 0 fully saturated rings. The number of carbonyl (C=O) groups excluding carboxylic acids is 2. The molecule has 35 heavy (non-hydrogen) atoms. The maximum Gasteiger partial charge on any atom is 0.347 e. The molecule has 3 aromatic rings.